The van der Waals surface area contributed by atoms with Crippen LogP contribution >= 0.6 is 0 Å². The number of hydrogen-bond acceptors (Lipinski definition) is 6. The summed E-state index contributed by atoms with van der Waals surface area (Å²) in [4.78, 5) is 9.56. The molecule has 1 heterocycles. The minimum Gasteiger partial charge on any atom is -0.493 e. The maximum Gasteiger partial charge on any atom is 0.236 e. The van der Waals surface area contributed by atoms with Gasteiger partial charge in [0, 0.05) is 5.56 Å². The van der Waals surface area contributed by atoms with Crippen molar-refractivity contribution in [3.63, 3.8) is 0 Å². The van der Waals surface area contributed by atoms with E-state index in [4.69, 9.17) is 18.7 Å². The van der Waals surface area contributed by atoms with Crippen molar-refractivity contribution in [2.75, 3.05) is 13.7 Å². The summed E-state index contributed by atoms with van der Waals surface area (Å²) in [6, 6.07) is 13.1. The fourth-order valence-corrected chi connectivity index (χ4v) is 2.21. The molecule has 0 fully saturated rings. The summed E-state index contributed by atoms with van der Waals surface area (Å²) >= 11 is 0. The Morgan fingerprint density at radius 1 is 1.17 bits per heavy atom. The van der Waals surface area contributed by atoms with Crippen LogP contribution in [0.3, 0.4) is 0 Å². The zero-order chi connectivity index (χ0) is 16.8. The van der Waals surface area contributed by atoms with Crippen molar-refractivity contribution in [3.8, 4) is 11.5 Å². The molecule has 0 radical (unpaired) electrons. The molecule has 0 spiro atoms. The highest BCUT2D eigenvalue weighted by molar-refractivity contribution is 5.80. The van der Waals surface area contributed by atoms with E-state index < -0.39 is 0 Å². The van der Waals surface area contributed by atoms with Gasteiger partial charge in [0.2, 0.25) is 5.89 Å². The van der Waals surface area contributed by atoms with Crippen LogP contribution in [0.2, 0.25) is 0 Å². The van der Waals surface area contributed by atoms with Gasteiger partial charge < -0.3 is 18.7 Å². The van der Waals surface area contributed by atoms with Crippen molar-refractivity contribution in [3.05, 3.63) is 53.9 Å². The number of fused-ring (bicyclic) bond motifs is 1. The average molecular weight is 326 g/mol. The summed E-state index contributed by atoms with van der Waals surface area (Å²) in [7, 11) is 1.60. The lowest BCUT2D eigenvalue weighted by molar-refractivity contribution is 0.113. The predicted molar refractivity (Wildman–Crippen MR) is 90.6 cm³/mol. The number of para-hydroxylation sites is 2. The minimum absolute atomic E-state index is 0.166. The number of oxazole rings is 1. The van der Waals surface area contributed by atoms with Crippen molar-refractivity contribution in [2.45, 2.75) is 13.5 Å². The van der Waals surface area contributed by atoms with Crippen molar-refractivity contribution in [2.24, 2.45) is 5.16 Å². The summed E-state index contributed by atoms with van der Waals surface area (Å²) < 4.78 is 16.3. The third kappa shape index (κ3) is 3.65. The normalized spacial score (nSPS) is 11.1. The Morgan fingerprint density at radius 3 is 2.83 bits per heavy atom. The molecule has 124 valence electrons. The molecular weight excluding hydrogens is 308 g/mol. The molecule has 0 amide bonds. The maximum atomic E-state index is 5.55. The second kappa shape index (κ2) is 7.50. The van der Waals surface area contributed by atoms with Gasteiger partial charge >= 0.3 is 0 Å². The molecule has 0 atom stereocenters. The molecule has 6 nitrogen and oxygen atoms in total. The van der Waals surface area contributed by atoms with E-state index in [1.807, 2.05) is 49.4 Å². The van der Waals surface area contributed by atoms with Crippen molar-refractivity contribution >= 4 is 17.3 Å². The van der Waals surface area contributed by atoms with Gasteiger partial charge in [-0.1, -0.05) is 17.3 Å². The average Bonchev–Trinajstić information content (AvgIpc) is 3.02. The molecule has 1 aromatic heterocycles. The smallest absolute Gasteiger partial charge is 0.236 e. The Bertz CT molecular complexity index is 809. The van der Waals surface area contributed by atoms with Crippen LogP contribution in [-0.4, -0.2) is 24.9 Å². The molecule has 0 aliphatic carbocycles. The first-order valence-corrected chi connectivity index (χ1v) is 7.60. The van der Waals surface area contributed by atoms with Gasteiger partial charge in [-0.2, -0.15) is 0 Å². The molecular formula is C18H18N2O4. The first kappa shape index (κ1) is 15.9. The lowest BCUT2D eigenvalue weighted by Crippen LogP contribution is -1.96. The zero-order valence-corrected chi connectivity index (χ0v) is 13.6. The molecule has 0 saturated heterocycles. The fraction of sp³-hybridized carbons (Fsp3) is 0.222. The number of hydrogen-bond donors (Lipinski definition) is 0. The number of nitrogens with zero attached hydrogens (tertiary/aromatic N) is 2. The van der Waals surface area contributed by atoms with Crippen molar-refractivity contribution in [1.82, 2.24) is 4.98 Å². The zero-order valence-electron chi connectivity index (χ0n) is 13.6. The van der Waals surface area contributed by atoms with Crippen LogP contribution in [0.4, 0.5) is 0 Å². The highest BCUT2D eigenvalue weighted by Gasteiger charge is 2.06. The first-order valence-electron chi connectivity index (χ1n) is 7.60. The summed E-state index contributed by atoms with van der Waals surface area (Å²) in [5.41, 5.74) is 2.38. The quantitative estimate of drug-likeness (QED) is 0.488. The van der Waals surface area contributed by atoms with E-state index in [-0.39, 0.29) is 6.61 Å². The maximum absolute atomic E-state index is 5.55. The second-order valence-electron chi connectivity index (χ2n) is 4.93. The highest BCUT2D eigenvalue weighted by Crippen LogP contribution is 2.27. The monoisotopic (exact) mass is 326 g/mol. The van der Waals surface area contributed by atoms with Crippen LogP contribution in [0.25, 0.3) is 11.1 Å². The number of benzene rings is 2. The van der Waals surface area contributed by atoms with Gasteiger partial charge in [0.15, 0.2) is 23.7 Å². The largest absolute Gasteiger partial charge is 0.493 e. The summed E-state index contributed by atoms with van der Waals surface area (Å²) in [5, 5.41) is 3.94. The second-order valence-corrected chi connectivity index (χ2v) is 4.93. The molecule has 0 aliphatic rings. The van der Waals surface area contributed by atoms with Gasteiger partial charge in [0.05, 0.1) is 19.9 Å². The Kier molecular flexibility index (Phi) is 4.96. The van der Waals surface area contributed by atoms with Crippen LogP contribution in [0.15, 0.2) is 52.0 Å². The van der Waals surface area contributed by atoms with Gasteiger partial charge in [0.25, 0.3) is 0 Å². The van der Waals surface area contributed by atoms with Gasteiger partial charge in [-0.3, -0.25) is 0 Å². The van der Waals surface area contributed by atoms with E-state index in [0.717, 1.165) is 16.7 Å². The summed E-state index contributed by atoms with van der Waals surface area (Å²) in [5.74, 6) is 1.84. The highest BCUT2D eigenvalue weighted by atomic mass is 16.6. The van der Waals surface area contributed by atoms with Crippen LogP contribution in [-0.2, 0) is 11.4 Å². The van der Waals surface area contributed by atoms with Crippen molar-refractivity contribution < 1.29 is 18.7 Å². The van der Waals surface area contributed by atoms with E-state index in [1.165, 1.54) is 0 Å². The number of ether oxygens (including phenoxy) is 2. The molecule has 0 unspecified atom stereocenters. The Hall–Kier alpha value is -3.02. The SMILES string of the molecule is CCOc1ccc(/C=N\OCc2nc3ccccc3o2)cc1OC. The lowest BCUT2D eigenvalue weighted by atomic mass is 10.2. The molecule has 2 aromatic carbocycles. The first-order chi connectivity index (χ1) is 11.8. The molecule has 3 rings (SSSR count). The summed E-state index contributed by atoms with van der Waals surface area (Å²) in [6.07, 6.45) is 1.60. The lowest BCUT2D eigenvalue weighted by Gasteiger charge is -2.09. The van der Waals surface area contributed by atoms with Crippen LogP contribution in [0.1, 0.15) is 18.4 Å². The number of methoxy groups -OCH3 is 1. The molecule has 0 bridgehead atoms. The number of rotatable bonds is 7. The minimum atomic E-state index is 0.166. The predicted octanol–water partition coefficient (Wildman–Crippen LogP) is 3.79. The molecule has 6 heteroatoms. The van der Waals surface area contributed by atoms with Crippen LogP contribution in [0, 0.1) is 0 Å². The van der Waals surface area contributed by atoms with Crippen LogP contribution in [0.5, 0.6) is 11.5 Å². The van der Waals surface area contributed by atoms with Gasteiger partial charge in [-0.25, -0.2) is 4.98 Å². The number of oxime groups is 1. The van der Waals surface area contributed by atoms with E-state index >= 15 is 0 Å². The third-order valence-corrected chi connectivity index (χ3v) is 3.29. The molecule has 0 N–H and O–H groups in total. The Morgan fingerprint density at radius 2 is 2.04 bits per heavy atom. The van der Waals surface area contributed by atoms with E-state index in [0.29, 0.717) is 24.0 Å². The molecule has 24 heavy (non-hydrogen) atoms. The van der Waals surface area contributed by atoms with Gasteiger partial charge in [-0.15, -0.1) is 0 Å². The topological polar surface area (TPSA) is 66.1 Å². The van der Waals surface area contributed by atoms with Gasteiger partial charge in [0.1, 0.15) is 5.52 Å². The molecule has 0 aliphatic heterocycles. The van der Waals surface area contributed by atoms with Crippen LogP contribution < -0.4 is 9.47 Å². The standard InChI is InChI=1S/C18H18N2O4/c1-3-22-16-9-8-13(10-17(16)21-2)11-19-23-12-18-20-14-6-4-5-7-15(14)24-18/h4-11H,3,12H2,1-2H3/b19-11-. The van der Waals surface area contributed by atoms with E-state index in [2.05, 4.69) is 10.1 Å². The van der Waals surface area contributed by atoms with E-state index in [1.54, 1.807) is 13.3 Å². The summed E-state index contributed by atoms with van der Waals surface area (Å²) in [6.45, 7) is 2.67. The van der Waals surface area contributed by atoms with E-state index in [9.17, 15) is 0 Å². The molecule has 0 saturated carbocycles. The van der Waals surface area contributed by atoms with Gasteiger partial charge in [-0.05, 0) is 37.3 Å². The fourth-order valence-electron chi connectivity index (χ4n) is 2.21. The third-order valence-electron chi connectivity index (χ3n) is 3.29. The molecule has 3 aromatic rings. The number of aromatic nitrogens is 1. The van der Waals surface area contributed by atoms with Crippen molar-refractivity contribution in [1.29, 1.82) is 0 Å². The Labute approximate surface area is 139 Å². The Balaban J connectivity index is 1.61.